The molecule has 25 heavy (non-hydrogen) atoms. The van der Waals surface area contributed by atoms with E-state index in [4.69, 9.17) is 4.42 Å². The van der Waals surface area contributed by atoms with Crippen molar-refractivity contribution in [1.29, 1.82) is 0 Å². The van der Waals surface area contributed by atoms with Gasteiger partial charge in [0.15, 0.2) is 5.76 Å². The standard InChI is InChI=1S/C20H20FN3O/c21-17-8-4-7-16(11-17)18-12-22-9-10-24(18)14-20-23-13-19(25-20)15-5-2-1-3-6-15/h1-8,11,13,18,22H,9-10,12,14H2. The van der Waals surface area contributed by atoms with Crippen LogP contribution in [0.5, 0.6) is 0 Å². The number of nitrogens with one attached hydrogen (secondary N) is 1. The van der Waals surface area contributed by atoms with E-state index in [-0.39, 0.29) is 11.9 Å². The van der Waals surface area contributed by atoms with Gasteiger partial charge in [-0.2, -0.15) is 0 Å². The maximum atomic E-state index is 13.6. The molecular weight excluding hydrogens is 317 g/mol. The van der Waals surface area contributed by atoms with E-state index in [1.54, 1.807) is 18.3 Å². The van der Waals surface area contributed by atoms with Gasteiger partial charge in [-0.25, -0.2) is 9.37 Å². The fourth-order valence-electron chi connectivity index (χ4n) is 3.27. The topological polar surface area (TPSA) is 41.3 Å². The molecule has 0 radical (unpaired) electrons. The maximum Gasteiger partial charge on any atom is 0.209 e. The van der Waals surface area contributed by atoms with Crippen molar-refractivity contribution < 1.29 is 8.81 Å². The van der Waals surface area contributed by atoms with Gasteiger partial charge >= 0.3 is 0 Å². The Kier molecular flexibility index (Phi) is 4.59. The summed E-state index contributed by atoms with van der Waals surface area (Å²) in [5, 5.41) is 3.38. The van der Waals surface area contributed by atoms with E-state index in [0.29, 0.717) is 12.4 Å². The first-order valence-electron chi connectivity index (χ1n) is 8.50. The van der Waals surface area contributed by atoms with Gasteiger partial charge in [-0.05, 0) is 17.7 Å². The number of halogens is 1. The maximum absolute atomic E-state index is 13.6. The SMILES string of the molecule is Fc1cccc(C2CNCCN2Cc2ncc(-c3ccccc3)o2)c1. The Bertz CT molecular complexity index is 834. The number of hydrogen-bond acceptors (Lipinski definition) is 4. The van der Waals surface area contributed by atoms with Crippen molar-refractivity contribution in [3.05, 3.63) is 78.1 Å². The highest BCUT2D eigenvalue weighted by atomic mass is 19.1. The Labute approximate surface area is 146 Å². The lowest BCUT2D eigenvalue weighted by molar-refractivity contribution is 0.140. The van der Waals surface area contributed by atoms with Gasteiger partial charge in [-0.1, -0.05) is 42.5 Å². The highest BCUT2D eigenvalue weighted by Gasteiger charge is 2.25. The lowest BCUT2D eigenvalue weighted by Crippen LogP contribution is -2.45. The molecule has 1 fully saturated rings. The molecule has 0 saturated carbocycles. The third-order valence-corrected chi connectivity index (χ3v) is 4.54. The van der Waals surface area contributed by atoms with Crippen LogP contribution in [0.25, 0.3) is 11.3 Å². The summed E-state index contributed by atoms with van der Waals surface area (Å²) in [6.45, 7) is 3.16. The first-order chi connectivity index (χ1) is 12.3. The fourth-order valence-corrected chi connectivity index (χ4v) is 3.27. The number of hydrogen-bond donors (Lipinski definition) is 1. The molecule has 1 aliphatic heterocycles. The number of rotatable bonds is 4. The molecule has 0 aliphatic carbocycles. The molecule has 1 atom stereocenters. The summed E-state index contributed by atoms with van der Waals surface area (Å²) in [5.41, 5.74) is 1.99. The van der Waals surface area contributed by atoms with E-state index in [9.17, 15) is 4.39 Å². The predicted molar refractivity (Wildman–Crippen MR) is 94.4 cm³/mol. The van der Waals surface area contributed by atoms with Crippen LogP contribution in [0, 0.1) is 5.82 Å². The van der Waals surface area contributed by atoms with Crippen molar-refractivity contribution in [2.45, 2.75) is 12.6 Å². The van der Waals surface area contributed by atoms with Crippen LogP contribution >= 0.6 is 0 Å². The van der Waals surface area contributed by atoms with Crippen LogP contribution < -0.4 is 5.32 Å². The third kappa shape index (κ3) is 3.62. The van der Waals surface area contributed by atoms with E-state index >= 15 is 0 Å². The zero-order chi connectivity index (χ0) is 17.1. The summed E-state index contributed by atoms with van der Waals surface area (Å²) < 4.78 is 19.5. The van der Waals surface area contributed by atoms with Crippen LogP contribution in [0.4, 0.5) is 4.39 Å². The van der Waals surface area contributed by atoms with Crippen LogP contribution in [-0.2, 0) is 6.54 Å². The van der Waals surface area contributed by atoms with E-state index in [2.05, 4.69) is 15.2 Å². The Morgan fingerprint density at radius 1 is 1.16 bits per heavy atom. The van der Waals surface area contributed by atoms with Gasteiger partial charge in [-0.3, -0.25) is 4.90 Å². The Balaban J connectivity index is 1.53. The smallest absolute Gasteiger partial charge is 0.209 e. The summed E-state index contributed by atoms with van der Waals surface area (Å²) in [6.07, 6.45) is 1.77. The number of nitrogens with zero attached hydrogens (tertiary/aromatic N) is 2. The largest absolute Gasteiger partial charge is 0.439 e. The first kappa shape index (κ1) is 16.0. The number of benzene rings is 2. The van der Waals surface area contributed by atoms with Crippen LogP contribution in [0.3, 0.4) is 0 Å². The van der Waals surface area contributed by atoms with Gasteiger partial charge in [-0.15, -0.1) is 0 Å². The van der Waals surface area contributed by atoms with Gasteiger partial charge in [0.2, 0.25) is 5.89 Å². The molecule has 1 saturated heterocycles. The molecule has 1 aliphatic rings. The monoisotopic (exact) mass is 337 g/mol. The Hall–Kier alpha value is -2.50. The average Bonchev–Trinajstić information content (AvgIpc) is 3.11. The Morgan fingerprint density at radius 3 is 2.88 bits per heavy atom. The predicted octanol–water partition coefficient (Wildman–Crippen LogP) is 3.63. The van der Waals surface area contributed by atoms with E-state index in [1.807, 2.05) is 36.4 Å². The first-order valence-corrected chi connectivity index (χ1v) is 8.50. The van der Waals surface area contributed by atoms with Gasteiger partial charge in [0.25, 0.3) is 0 Å². The molecule has 128 valence electrons. The molecule has 4 rings (SSSR count). The summed E-state index contributed by atoms with van der Waals surface area (Å²) in [5.74, 6) is 1.25. The minimum Gasteiger partial charge on any atom is -0.439 e. The van der Waals surface area contributed by atoms with Crippen molar-refractivity contribution in [3.63, 3.8) is 0 Å². The van der Waals surface area contributed by atoms with Crippen LogP contribution in [-0.4, -0.2) is 29.5 Å². The molecule has 2 heterocycles. The van der Waals surface area contributed by atoms with Gasteiger partial charge in [0.05, 0.1) is 12.7 Å². The summed E-state index contributed by atoms with van der Waals surface area (Å²) in [7, 11) is 0. The van der Waals surface area contributed by atoms with Crippen LogP contribution in [0.1, 0.15) is 17.5 Å². The molecule has 1 unspecified atom stereocenters. The molecule has 1 aromatic heterocycles. The number of piperazine rings is 1. The summed E-state index contributed by atoms with van der Waals surface area (Å²) >= 11 is 0. The lowest BCUT2D eigenvalue weighted by atomic mass is 10.0. The molecule has 1 N–H and O–H groups in total. The normalized spacial score (nSPS) is 18.4. The second-order valence-electron chi connectivity index (χ2n) is 6.23. The van der Waals surface area contributed by atoms with E-state index in [0.717, 1.165) is 36.5 Å². The molecule has 0 amide bonds. The van der Waals surface area contributed by atoms with Crippen LogP contribution in [0.2, 0.25) is 0 Å². The van der Waals surface area contributed by atoms with E-state index < -0.39 is 0 Å². The zero-order valence-electron chi connectivity index (χ0n) is 13.9. The van der Waals surface area contributed by atoms with Gasteiger partial charge < -0.3 is 9.73 Å². The Morgan fingerprint density at radius 2 is 2.04 bits per heavy atom. The molecular formula is C20H20FN3O. The van der Waals surface area contributed by atoms with Gasteiger partial charge in [0.1, 0.15) is 5.82 Å². The number of oxazole rings is 1. The van der Waals surface area contributed by atoms with Crippen molar-refractivity contribution in [2.24, 2.45) is 0 Å². The second kappa shape index (κ2) is 7.17. The highest BCUT2D eigenvalue weighted by molar-refractivity contribution is 5.55. The lowest BCUT2D eigenvalue weighted by Gasteiger charge is -2.35. The molecule has 0 bridgehead atoms. The molecule has 4 nitrogen and oxygen atoms in total. The molecule has 5 heteroatoms. The van der Waals surface area contributed by atoms with Gasteiger partial charge in [0, 0.05) is 31.2 Å². The number of aromatic nitrogens is 1. The summed E-state index contributed by atoms with van der Waals surface area (Å²) in [6, 6.07) is 16.9. The quantitative estimate of drug-likeness (QED) is 0.789. The highest BCUT2D eigenvalue weighted by Crippen LogP contribution is 2.26. The molecule has 3 aromatic rings. The van der Waals surface area contributed by atoms with Crippen molar-refractivity contribution in [2.75, 3.05) is 19.6 Å². The summed E-state index contributed by atoms with van der Waals surface area (Å²) in [4.78, 5) is 6.71. The van der Waals surface area contributed by atoms with Crippen LogP contribution in [0.15, 0.2) is 65.2 Å². The van der Waals surface area contributed by atoms with Crippen molar-refractivity contribution in [3.8, 4) is 11.3 Å². The fraction of sp³-hybridized carbons (Fsp3) is 0.250. The minimum absolute atomic E-state index is 0.108. The van der Waals surface area contributed by atoms with Crippen molar-refractivity contribution in [1.82, 2.24) is 15.2 Å². The average molecular weight is 337 g/mol. The molecule has 0 spiro atoms. The molecule has 2 aromatic carbocycles. The van der Waals surface area contributed by atoms with E-state index in [1.165, 1.54) is 6.07 Å². The third-order valence-electron chi connectivity index (χ3n) is 4.54. The van der Waals surface area contributed by atoms with Crippen molar-refractivity contribution >= 4 is 0 Å². The zero-order valence-corrected chi connectivity index (χ0v) is 13.9. The second-order valence-corrected chi connectivity index (χ2v) is 6.23. The minimum atomic E-state index is -0.203.